The molecular weight excluding hydrogens is 256 g/mol. The van der Waals surface area contributed by atoms with Crippen LogP contribution < -0.4 is 0 Å². The number of hydrogen-bond donors (Lipinski definition) is 0. The van der Waals surface area contributed by atoms with E-state index < -0.39 is 0 Å². The molecule has 1 aliphatic rings. The average molecular weight is 279 g/mol. The van der Waals surface area contributed by atoms with Crippen molar-refractivity contribution in [1.29, 1.82) is 0 Å². The van der Waals surface area contributed by atoms with Gasteiger partial charge in [-0.05, 0) is 37.0 Å². The summed E-state index contributed by atoms with van der Waals surface area (Å²) in [5, 5.41) is 1.13. The molecule has 0 spiro atoms. The summed E-state index contributed by atoms with van der Waals surface area (Å²) in [5.74, 6) is 0.954. The summed E-state index contributed by atoms with van der Waals surface area (Å²) in [6.45, 7) is 4.70. The Bertz CT molecular complexity index is 171. The van der Waals surface area contributed by atoms with Crippen molar-refractivity contribution in [3.63, 3.8) is 0 Å². The molecule has 0 bridgehead atoms. The van der Waals surface area contributed by atoms with Crippen molar-refractivity contribution in [2.75, 3.05) is 32.3 Å². The summed E-state index contributed by atoms with van der Waals surface area (Å²) in [5.41, 5.74) is 0.505. The second-order valence-electron chi connectivity index (χ2n) is 4.77. The maximum atomic E-state index is 5.47. The maximum Gasteiger partial charge on any atom is 0.0700 e. The van der Waals surface area contributed by atoms with E-state index in [1.54, 1.807) is 7.11 Å². The predicted octanol–water partition coefficient (Wildman–Crippen LogP) is 3.24. The Kier molecular flexibility index (Phi) is 6.17. The fourth-order valence-corrected chi connectivity index (χ4v) is 2.72. The predicted molar refractivity (Wildman–Crippen MR) is 66.6 cm³/mol. The standard InChI is InChI=1S/C12H23BrO2/c1-12(10-13,11-4-5-11)6-3-7-15-9-8-14-2/h11H,3-10H2,1-2H3. The largest absolute Gasteiger partial charge is 0.382 e. The summed E-state index contributed by atoms with van der Waals surface area (Å²) < 4.78 is 10.4. The normalized spacial score (nSPS) is 20.2. The van der Waals surface area contributed by atoms with Crippen molar-refractivity contribution >= 4 is 15.9 Å². The van der Waals surface area contributed by atoms with Gasteiger partial charge in [0.25, 0.3) is 0 Å². The van der Waals surface area contributed by atoms with Gasteiger partial charge in [-0.2, -0.15) is 0 Å². The summed E-state index contributed by atoms with van der Waals surface area (Å²) in [4.78, 5) is 0. The molecule has 0 heterocycles. The first-order valence-electron chi connectivity index (χ1n) is 5.85. The Labute approximate surface area is 102 Å². The number of methoxy groups -OCH3 is 1. The topological polar surface area (TPSA) is 18.5 Å². The van der Waals surface area contributed by atoms with Crippen LogP contribution in [0.15, 0.2) is 0 Å². The molecule has 1 fully saturated rings. The number of ether oxygens (including phenoxy) is 2. The van der Waals surface area contributed by atoms with Crippen molar-refractivity contribution in [1.82, 2.24) is 0 Å². The smallest absolute Gasteiger partial charge is 0.0700 e. The van der Waals surface area contributed by atoms with Gasteiger partial charge < -0.3 is 9.47 Å². The highest BCUT2D eigenvalue weighted by Gasteiger charge is 2.39. The lowest BCUT2D eigenvalue weighted by Gasteiger charge is -2.27. The van der Waals surface area contributed by atoms with E-state index in [1.807, 2.05) is 0 Å². The highest BCUT2D eigenvalue weighted by atomic mass is 79.9. The average Bonchev–Trinajstić information content (AvgIpc) is 3.07. The second-order valence-corrected chi connectivity index (χ2v) is 5.33. The lowest BCUT2D eigenvalue weighted by molar-refractivity contribution is 0.0642. The molecule has 0 amide bonds. The molecule has 90 valence electrons. The Morgan fingerprint density at radius 3 is 2.53 bits per heavy atom. The van der Waals surface area contributed by atoms with Gasteiger partial charge in [-0.25, -0.2) is 0 Å². The van der Waals surface area contributed by atoms with Gasteiger partial charge in [-0.1, -0.05) is 22.9 Å². The fraction of sp³-hybridized carbons (Fsp3) is 1.00. The third kappa shape index (κ3) is 4.83. The molecule has 1 saturated carbocycles. The van der Waals surface area contributed by atoms with E-state index >= 15 is 0 Å². The van der Waals surface area contributed by atoms with Crippen molar-refractivity contribution < 1.29 is 9.47 Å². The Morgan fingerprint density at radius 2 is 2.00 bits per heavy atom. The van der Waals surface area contributed by atoms with Crippen LogP contribution >= 0.6 is 15.9 Å². The quantitative estimate of drug-likeness (QED) is 0.476. The molecule has 0 radical (unpaired) electrons. The molecule has 0 aliphatic heterocycles. The lowest BCUT2D eigenvalue weighted by atomic mass is 9.83. The fourth-order valence-electron chi connectivity index (χ4n) is 1.98. The van der Waals surface area contributed by atoms with Gasteiger partial charge in [0, 0.05) is 19.0 Å². The van der Waals surface area contributed by atoms with Crippen molar-refractivity contribution in [3.8, 4) is 0 Å². The first-order chi connectivity index (χ1) is 7.23. The summed E-state index contributed by atoms with van der Waals surface area (Å²) >= 11 is 3.65. The molecule has 0 aromatic heterocycles. The van der Waals surface area contributed by atoms with Crippen LogP contribution in [0.3, 0.4) is 0 Å². The highest BCUT2D eigenvalue weighted by Crippen LogP contribution is 2.49. The molecule has 1 rings (SSSR count). The van der Waals surface area contributed by atoms with Crippen LogP contribution in [0.4, 0.5) is 0 Å². The molecular formula is C12H23BrO2. The minimum Gasteiger partial charge on any atom is -0.382 e. The zero-order valence-corrected chi connectivity index (χ0v) is 11.5. The minimum absolute atomic E-state index is 0.505. The molecule has 0 aromatic rings. The van der Waals surface area contributed by atoms with Gasteiger partial charge >= 0.3 is 0 Å². The van der Waals surface area contributed by atoms with E-state index in [9.17, 15) is 0 Å². The second kappa shape index (κ2) is 6.87. The van der Waals surface area contributed by atoms with E-state index in [1.165, 1.54) is 25.7 Å². The van der Waals surface area contributed by atoms with E-state index in [0.29, 0.717) is 12.0 Å². The van der Waals surface area contributed by atoms with Gasteiger partial charge in [0.15, 0.2) is 0 Å². The Balaban J connectivity index is 2.02. The van der Waals surface area contributed by atoms with E-state index in [4.69, 9.17) is 9.47 Å². The first-order valence-corrected chi connectivity index (χ1v) is 6.98. The van der Waals surface area contributed by atoms with Crippen molar-refractivity contribution in [2.45, 2.75) is 32.6 Å². The van der Waals surface area contributed by atoms with Gasteiger partial charge in [0.05, 0.1) is 13.2 Å². The molecule has 15 heavy (non-hydrogen) atoms. The zero-order valence-electron chi connectivity index (χ0n) is 9.93. The zero-order chi connectivity index (χ0) is 11.1. The van der Waals surface area contributed by atoms with Crippen LogP contribution in [-0.2, 0) is 9.47 Å². The molecule has 1 aliphatic carbocycles. The van der Waals surface area contributed by atoms with E-state index in [2.05, 4.69) is 22.9 Å². The monoisotopic (exact) mass is 278 g/mol. The number of alkyl halides is 1. The summed E-state index contributed by atoms with van der Waals surface area (Å²) in [6.07, 6.45) is 5.29. The minimum atomic E-state index is 0.505. The van der Waals surface area contributed by atoms with Crippen LogP contribution in [0.2, 0.25) is 0 Å². The van der Waals surface area contributed by atoms with E-state index in [-0.39, 0.29) is 0 Å². The summed E-state index contributed by atoms with van der Waals surface area (Å²) in [7, 11) is 1.71. The van der Waals surface area contributed by atoms with Gasteiger partial charge in [-0.15, -0.1) is 0 Å². The molecule has 0 N–H and O–H groups in total. The van der Waals surface area contributed by atoms with Crippen LogP contribution in [0, 0.1) is 11.3 Å². The SMILES string of the molecule is COCCOCCCC(C)(CBr)C1CC1. The molecule has 0 aromatic carbocycles. The third-order valence-corrected chi connectivity index (χ3v) is 4.62. The lowest BCUT2D eigenvalue weighted by Crippen LogP contribution is -2.21. The number of hydrogen-bond acceptors (Lipinski definition) is 2. The highest BCUT2D eigenvalue weighted by molar-refractivity contribution is 9.09. The van der Waals surface area contributed by atoms with Gasteiger partial charge in [0.2, 0.25) is 0 Å². The molecule has 0 saturated heterocycles. The molecule has 3 heteroatoms. The van der Waals surface area contributed by atoms with Crippen LogP contribution in [0.25, 0.3) is 0 Å². The Hall–Kier alpha value is 0.400. The van der Waals surface area contributed by atoms with Crippen molar-refractivity contribution in [2.24, 2.45) is 11.3 Å². The molecule has 2 nitrogen and oxygen atoms in total. The Morgan fingerprint density at radius 1 is 1.27 bits per heavy atom. The third-order valence-electron chi connectivity index (χ3n) is 3.34. The van der Waals surface area contributed by atoms with E-state index in [0.717, 1.165) is 24.5 Å². The van der Waals surface area contributed by atoms with Crippen molar-refractivity contribution in [3.05, 3.63) is 0 Å². The maximum absolute atomic E-state index is 5.47. The van der Waals surface area contributed by atoms with Gasteiger partial charge in [-0.3, -0.25) is 0 Å². The molecule has 1 atom stereocenters. The van der Waals surface area contributed by atoms with Crippen LogP contribution in [0.1, 0.15) is 32.6 Å². The van der Waals surface area contributed by atoms with Gasteiger partial charge in [0.1, 0.15) is 0 Å². The van der Waals surface area contributed by atoms with Crippen LogP contribution in [0.5, 0.6) is 0 Å². The number of rotatable bonds is 9. The van der Waals surface area contributed by atoms with Crippen LogP contribution in [-0.4, -0.2) is 32.3 Å². The number of halogens is 1. The summed E-state index contributed by atoms with van der Waals surface area (Å²) in [6, 6.07) is 0. The molecule has 1 unspecified atom stereocenters. The first kappa shape index (κ1) is 13.5.